The number of thiophene rings is 1. The van der Waals surface area contributed by atoms with E-state index in [1.807, 2.05) is 6.92 Å². The summed E-state index contributed by atoms with van der Waals surface area (Å²) in [6.07, 6.45) is 2.36. The molecular weight excluding hydrogens is 258 g/mol. The van der Waals surface area contributed by atoms with Gasteiger partial charge in [-0.1, -0.05) is 6.07 Å². The first-order chi connectivity index (χ1) is 9.16. The van der Waals surface area contributed by atoms with Gasteiger partial charge in [0.15, 0.2) is 0 Å². The van der Waals surface area contributed by atoms with Gasteiger partial charge in [-0.2, -0.15) is 0 Å². The van der Waals surface area contributed by atoms with E-state index < -0.39 is 0 Å². The number of amides is 1. The largest absolute Gasteiger partial charge is 0.316 e. The Bertz CT molecular complexity index is 448. The number of likely N-dealkylation sites (tertiary alicyclic amines) is 1. The molecule has 2 aliphatic rings. The van der Waals surface area contributed by atoms with Gasteiger partial charge in [0, 0.05) is 17.5 Å². The van der Waals surface area contributed by atoms with Crippen molar-refractivity contribution in [1.29, 1.82) is 0 Å². The third kappa shape index (κ3) is 2.42. The van der Waals surface area contributed by atoms with Crippen LogP contribution in [0.25, 0.3) is 0 Å². The second-order valence-corrected chi connectivity index (χ2v) is 6.59. The fourth-order valence-electron chi connectivity index (χ4n) is 3.16. The van der Waals surface area contributed by atoms with Crippen molar-refractivity contribution in [2.75, 3.05) is 20.1 Å². The Balaban J connectivity index is 1.85. The van der Waals surface area contributed by atoms with Crippen LogP contribution in [0.3, 0.4) is 0 Å². The van der Waals surface area contributed by atoms with Gasteiger partial charge < -0.3 is 9.80 Å². The van der Waals surface area contributed by atoms with Crippen LogP contribution in [-0.2, 0) is 4.79 Å². The lowest BCUT2D eigenvalue weighted by molar-refractivity contribution is -0.133. The molecule has 2 aliphatic heterocycles. The lowest BCUT2D eigenvalue weighted by Gasteiger charge is -2.38. The average Bonchev–Trinajstić information content (AvgIpc) is 2.99. The summed E-state index contributed by atoms with van der Waals surface area (Å²) in [4.78, 5) is 18.1. The van der Waals surface area contributed by atoms with Crippen molar-refractivity contribution in [3.8, 4) is 0 Å². The van der Waals surface area contributed by atoms with Gasteiger partial charge in [0.2, 0.25) is 5.91 Å². The Morgan fingerprint density at radius 3 is 3.00 bits per heavy atom. The number of piperidine rings is 1. The van der Waals surface area contributed by atoms with E-state index in [0.717, 1.165) is 19.5 Å². The summed E-state index contributed by atoms with van der Waals surface area (Å²) in [6, 6.07) is 4.45. The van der Waals surface area contributed by atoms with E-state index in [9.17, 15) is 4.79 Å². The molecule has 0 bridgehead atoms. The van der Waals surface area contributed by atoms with Gasteiger partial charge in [0.25, 0.3) is 0 Å². The lowest BCUT2D eigenvalue weighted by Crippen LogP contribution is -2.48. The highest BCUT2D eigenvalue weighted by atomic mass is 32.1. The van der Waals surface area contributed by atoms with E-state index in [4.69, 9.17) is 0 Å². The van der Waals surface area contributed by atoms with Crippen molar-refractivity contribution in [1.82, 2.24) is 15.1 Å². The normalized spacial score (nSPS) is 33.1. The maximum absolute atomic E-state index is 12.5. The van der Waals surface area contributed by atoms with Gasteiger partial charge in [0.05, 0.1) is 6.04 Å². The molecule has 104 valence electrons. The first-order valence-electron chi connectivity index (χ1n) is 6.97. The lowest BCUT2D eigenvalue weighted by atomic mass is 10.0. The van der Waals surface area contributed by atoms with Crippen LogP contribution in [0.1, 0.15) is 30.8 Å². The zero-order chi connectivity index (χ0) is 13.4. The fraction of sp³-hybridized carbons (Fsp3) is 0.643. The molecule has 3 heterocycles. The van der Waals surface area contributed by atoms with Crippen LogP contribution < -0.4 is 5.32 Å². The molecule has 3 rings (SSSR count). The van der Waals surface area contributed by atoms with Gasteiger partial charge in [-0.15, -0.1) is 11.3 Å². The second kappa shape index (κ2) is 5.23. The molecule has 2 fully saturated rings. The zero-order valence-electron chi connectivity index (χ0n) is 11.5. The van der Waals surface area contributed by atoms with Crippen LogP contribution in [-0.4, -0.2) is 47.9 Å². The highest BCUT2D eigenvalue weighted by molar-refractivity contribution is 7.10. The molecule has 3 atom stereocenters. The Labute approximate surface area is 118 Å². The molecule has 0 spiro atoms. The summed E-state index contributed by atoms with van der Waals surface area (Å²) < 4.78 is 0. The number of hydrogen-bond acceptors (Lipinski definition) is 4. The zero-order valence-corrected chi connectivity index (χ0v) is 12.3. The number of carbonyl (C=O) groups excluding carboxylic acids is 1. The summed E-state index contributed by atoms with van der Waals surface area (Å²) in [7, 11) is 2.14. The number of likely N-dealkylation sites (N-methyl/N-ethyl adjacent to an activating group) is 1. The van der Waals surface area contributed by atoms with E-state index >= 15 is 0 Å². The third-order valence-corrected chi connectivity index (χ3v) is 5.04. The summed E-state index contributed by atoms with van der Waals surface area (Å²) in [6.45, 7) is 4.10. The first-order valence-corrected chi connectivity index (χ1v) is 7.85. The predicted octanol–water partition coefficient (Wildman–Crippen LogP) is 1.66. The molecule has 4 nitrogen and oxygen atoms in total. The number of rotatable bonds is 2. The summed E-state index contributed by atoms with van der Waals surface area (Å²) in [5.74, 6) is 0.249. The van der Waals surface area contributed by atoms with Crippen molar-refractivity contribution < 1.29 is 4.79 Å². The molecule has 2 saturated heterocycles. The number of nitrogens with zero attached hydrogens (tertiary/aromatic N) is 2. The Morgan fingerprint density at radius 2 is 2.32 bits per heavy atom. The Kier molecular flexibility index (Phi) is 3.60. The molecule has 0 aromatic carbocycles. The van der Waals surface area contributed by atoms with E-state index in [2.05, 4.69) is 39.7 Å². The van der Waals surface area contributed by atoms with Gasteiger partial charge in [0.1, 0.15) is 6.17 Å². The molecule has 19 heavy (non-hydrogen) atoms. The fourth-order valence-corrected chi connectivity index (χ4v) is 3.94. The number of carbonyl (C=O) groups is 1. The van der Waals surface area contributed by atoms with E-state index in [1.165, 1.54) is 11.3 Å². The minimum absolute atomic E-state index is 0.0685. The quantitative estimate of drug-likeness (QED) is 0.894. The Hall–Kier alpha value is -0.910. The monoisotopic (exact) mass is 279 g/mol. The molecule has 1 aromatic rings. The van der Waals surface area contributed by atoms with Crippen LogP contribution in [0.15, 0.2) is 17.5 Å². The van der Waals surface area contributed by atoms with Gasteiger partial charge >= 0.3 is 0 Å². The van der Waals surface area contributed by atoms with Crippen LogP contribution >= 0.6 is 11.3 Å². The topological polar surface area (TPSA) is 35.6 Å². The predicted molar refractivity (Wildman–Crippen MR) is 77.0 cm³/mol. The van der Waals surface area contributed by atoms with Gasteiger partial charge in [-0.3, -0.25) is 10.1 Å². The van der Waals surface area contributed by atoms with Crippen LogP contribution in [0.5, 0.6) is 0 Å². The average molecular weight is 279 g/mol. The summed E-state index contributed by atoms with van der Waals surface area (Å²) in [5.41, 5.74) is 0. The van der Waals surface area contributed by atoms with Crippen LogP contribution in [0.2, 0.25) is 0 Å². The molecule has 3 unspecified atom stereocenters. The highest BCUT2D eigenvalue weighted by Gasteiger charge is 2.42. The van der Waals surface area contributed by atoms with Crippen molar-refractivity contribution in [2.45, 2.75) is 38.0 Å². The van der Waals surface area contributed by atoms with Crippen molar-refractivity contribution in [2.24, 2.45) is 0 Å². The molecule has 1 aromatic heterocycles. The van der Waals surface area contributed by atoms with E-state index in [-0.39, 0.29) is 18.1 Å². The Morgan fingerprint density at radius 1 is 1.47 bits per heavy atom. The molecule has 5 heteroatoms. The molecule has 0 saturated carbocycles. The van der Waals surface area contributed by atoms with Crippen molar-refractivity contribution in [3.05, 3.63) is 22.4 Å². The van der Waals surface area contributed by atoms with Crippen molar-refractivity contribution >= 4 is 17.2 Å². The minimum Gasteiger partial charge on any atom is -0.316 e. The van der Waals surface area contributed by atoms with Gasteiger partial charge in [-0.05, 0) is 44.8 Å². The molecule has 0 aliphatic carbocycles. The SMILES string of the molecule is CC1NC(c2cccs2)N(C2CCCN(C)C2)C1=O. The standard InChI is InChI=1S/C14H21N3OS/c1-10-14(18)17(11-5-3-7-16(2)9-11)13(15-10)12-6-4-8-19-12/h4,6,8,10-11,13,15H,3,5,7,9H2,1-2H3. The third-order valence-electron chi connectivity index (χ3n) is 4.12. The molecule has 1 N–H and O–H groups in total. The van der Waals surface area contributed by atoms with Crippen LogP contribution in [0.4, 0.5) is 0 Å². The molecule has 1 amide bonds. The molecule has 0 radical (unpaired) electrons. The number of nitrogens with one attached hydrogen (secondary N) is 1. The maximum Gasteiger partial charge on any atom is 0.241 e. The van der Waals surface area contributed by atoms with Crippen LogP contribution in [0, 0.1) is 0 Å². The smallest absolute Gasteiger partial charge is 0.241 e. The summed E-state index contributed by atoms with van der Waals surface area (Å²) in [5, 5.41) is 5.52. The highest BCUT2D eigenvalue weighted by Crippen LogP contribution is 2.32. The van der Waals surface area contributed by atoms with Crippen molar-refractivity contribution in [3.63, 3.8) is 0 Å². The minimum atomic E-state index is -0.0701. The molecular formula is C14H21N3OS. The number of hydrogen-bond donors (Lipinski definition) is 1. The first kappa shape index (κ1) is 13.1. The van der Waals surface area contributed by atoms with Gasteiger partial charge in [-0.25, -0.2) is 0 Å². The van der Waals surface area contributed by atoms with E-state index in [1.54, 1.807) is 11.3 Å². The maximum atomic E-state index is 12.5. The summed E-state index contributed by atoms with van der Waals surface area (Å²) >= 11 is 1.72. The second-order valence-electron chi connectivity index (χ2n) is 5.61. The van der Waals surface area contributed by atoms with E-state index in [0.29, 0.717) is 6.04 Å².